The minimum absolute atomic E-state index is 0.0567. The van der Waals surface area contributed by atoms with Crippen LogP contribution < -0.4 is 5.32 Å². The molecule has 4 nitrogen and oxygen atoms in total. The van der Waals surface area contributed by atoms with Crippen molar-refractivity contribution >= 4 is 5.91 Å². The summed E-state index contributed by atoms with van der Waals surface area (Å²) < 4.78 is 0. The van der Waals surface area contributed by atoms with E-state index in [0.29, 0.717) is 6.42 Å². The topological polar surface area (TPSA) is 69.6 Å². The first-order valence-electron chi connectivity index (χ1n) is 32.7. The van der Waals surface area contributed by atoms with Crippen LogP contribution in [0, 0.1) is 0 Å². The summed E-state index contributed by atoms with van der Waals surface area (Å²) in [4.78, 5) is 12.5. The van der Waals surface area contributed by atoms with Crippen LogP contribution in [0.4, 0.5) is 0 Å². The van der Waals surface area contributed by atoms with Crippen LogP contribution in [0.5, 0.6) is 0 Å². The minimum atomic E-state index is -0.839. The largest absolute Gasteiger partial charge is 0.394 e. The first-order valence-corrected chi connectivity index (χ1v) is 32.7. The number of nitrogens with one attached hydrogen (secondary N) is 1. The molecule has 0 bridgehead atoms. The first kappa shape index (κ1) is 69.6. The Labute approximate surface area is 446 Å². The van der Waals surface area contributed by atoms with Gasteiger partial charge >= 0.3 is 0 Å². The number of unbranched alkanes of at least 4 members (excludes halogenated alkanes) is 50. The average Bonchev–Trinajstić information content (AvgIpc) is 3.37. The van der Waals surface area contributed by atoms with Crippen molar-refractivity contribution < 1.29 is 15.0 Å². The van der Waals surface area contributed by atoms with Gasteiger partial charge < -0.3 is 15.5 Å². The maximum atomic E-state index is 12.5. The Balaban J connectivity index is 3.43. The van der Waals surface area contributed by atoms with E-state index in [1.165, 1.54) is 315 Å². The summed E-state index contributed by atoms with van der Waals surface area (Å²) in [6.07, 6.45) is 86.4. The molecule has 0 saturated carbocycles. The molecule has 4 heteroatoms. The summed E-state index contributed by atoms with van der Waals surface area (Å²) in [7, 11) is 0. The second-order valence-electron chi connectivity index (χ2n) is 22.5. The molecule has 0 heterocycles. The van der Waals surface area contributed by atoms with Gasteiger partial charge in [-0.3, -0.25) is 4.79 Å². The Morgan fingerprint density at radius 2 is 0.577 bits per heavy atom. The van der Waals surface area contributed by atoms with Gasteiger partial charge in [0.1, 0.15) is 0 Å². The molecule has 0 fully saturated rings. The SMILES string of the molecule is CCCCCCC/C=C\C/C=C\CCCCCCCCCCCCCCCCCCCCCC(=O)NC(CO)C(O)/C=C/CCCCCCCCCCCCCCCCCCCCCCCCCCCC. The van der Waals surface area contributed by atoms with E-state index in [9.17, 15) is 15.0 Å². The highest BCUT2D eigenvalue weighted by molar-refractivity contribution is 5.76. The van der Waals surface area contributed by atoms with Crippen molar-refractivity contribution in [2.45, 2.75) is 379 Å². The molecule has 0 spiro atoms. The molecule has 0 radical (unpaired) electrons. The van der Waals surface area contributed by atoms with E-state index in [1.807, 2.05) is 6.08 Å². The Bertz CT molecular complexity index is 1080. The number of allylic oxidation sites excluding steroid dienone is 5. The summed E-state index contributed by atoms with van der Waals surface area (Å²) in [6, 6.07) is -0.622. The van der Waals surface area contributed by atoms with Crippen molar-refractivity contribution in [1.82, 2.24) is 5.32 Å². The molecule has 2 unspecified atom stereocenters. The van der Waals surface area contributed by atoms with Gasteiger partial charge in [-0.1, -0.05) is 346 Å². The molecular weight excluding hydrogens is 867 g/mol. The molecule has 0 aliphatic carbocycles. The molecule has 0 saturated heterocycles. The normalized spacial score (nSPS) is 12.9. The van der Waals surface area contributed by atoms with E-state index in [-0.39, 0.29) is 12.5 Å². The van der Waals surface area contributed by atoms with Crippen LogP contribution in [0.25, 0.3) is 0 Å². The zero-order chi connectivity index (χ0) is 51.3. The molecule has 0 aromatic carbocycles. The van der Waals surface area contributed by atoms with Crippen LogP contribution in [-0.2, 0) is 4.79 Å². The highest BCUT2D eigenvalue weighted by Gasteiger charge is 2.18. The van der Waals surface area contributed by atoms with Crippen LogP contribution in [0.2, 0.25) is 0 Å². The van der Waals surface area contributed by atoms with Gasteiger partial charge in [0.05, 0.1) is 18.8 Å². The van der Waals surface area contributed by atoms with Gasteiger partial charge in [0.25, 0.3) is 0 Å². The molecule has 0 rings (SSSR count). The van der Waals surface area contributed by atoms with E-state index in [0.717, 1.165) is 32.1 Å². The molecule has 3 N–H and O–H groups in total. The standard InChI is InChI=1S/C67H129NO3/c1-3-5-7-9-11-13-15-17-19-21-23-25-27-29-31-33-34-35-37-39-41-43-45-47-49-51-53-55-57-59-61-63-67(71)68-65(64-69)66(70)62-60-58-56-54-52-50-48-46-44-42-40-38-36-32-30-28-26-24-22-20-18-16-14-12-10-8-6-4-2/h15,17,21,23,60,62,65-66,69-70H,3-14,16,18-20,22,24-59,61,63-64H2,1-2H3,(H,68,71)/b17-15-,23-21-,62-60+. The molecular formula is C67H129NO3. The molecule has 2 atom stereocenters. The van der Waals surface area contributed by atoms with Crippen molar-refractivity contribution in [2.24, 2.45) is 0 Å². The fraction of sp³-hybridized carbons (Fsp3) is 0.896. The molecule has 0 aromatic heterocycles. The van der Waals surface area contributed by atoms with E-state index in [2.05, 4.69) is 43.5 Å². The Hall–Kier alpha value is -1.39. The lowest BCUT2D eigenvalue weighted by Gasteiger charge is -2.20. The average molecular weight is 997 g/mol. The molecule has 1 amide bonds. The molecule has 0 aliphatic heterocycles. The van der Waals surface area contributed by atoms with Crippen molar-refractivity contribution in [3.63, 3.8) is 0 Å². The zero-order valence-electron chi connectivity index (χ0n) is 48.5. The summed E-state index contributed by atoms with van der Waals surface area (Å²) in [6.45, 7) is 4.34. The fourth-order valence-electron chi connectivity index (χ4n) is 10.4. The van der Waals surface area contributed by atoms with Crippen LogP contribution in [0.15, 0.2) is 36.5 Å². The van der Waals surface area contributed by atoms with E-state index in [4.69, 9.17) is 0 Å². The summed E-state index contributed by atoms with van der Waals surface area (Å²) in [5, 5.41) is 23.3. The quantitative estimate of drug-likeness (QED) is 0.0420. The van der Waals surface area contributed by atoms with Crippen molar-refractivity contribution in [1.29, 1.82) is 0 Å². The Morgan fingerprint density at radius 3 is 0.845 bits per heavy atom. The Morgan fingerprint density at radius 1 is 0.338 bits per heavy atom. The fourth-order valence-corrected chi connectivity index (χ4v) is 10.4. The predicted molar refractivity (Wildman–Crippen MR) is 318 cm³/mol. The van der Waals surface area contributed by atoms with Crippen molar-refractivity contribution in [3.05, 3.63) is 36.5 Å². The smallest absolute Gasteiger partial charge is 0.220 e. The van der Waals surface area contributed by atoms with Gasteiger partial charge in [-0.15, -0.1) is 0 Å². The van der Waals surface area contributed by atoms with Crippen LogP contribution in [0.1, 0.15) is 367 Å². The number of hydrogen-bond donors (Lipinski definition) is 3. The maximum Gasteiger partial charge on any atom is 0.220 e. The second-order valence-corrected chi connectivity index (χ2v) is 22.5. The predicted octanol–water partition coefficient (Wildman–Crippen LogP) is 22.0. The monoisotopic (exact) mass is 996 g/mol. The zero-order valence-corrected chi connectivity index (χ0v) is 48.5. The van der Waals surface area contributed by atoms with Crippen LogP contribution in [-0.4, -0.2) is 34.9 Å². The van der Waals surface area contributed by atoms with Gasteiger partial charge in [-0.2, -0.15) is 0 Å². The minimum Gasteiger partial charge on any atom is -0.394 e. The van der Waals surface area contributed by atoms with Gasteiger partial charge in [-0.25, -0.2) is 0 Å². The molecule has 71 heavy (non-hydrogen) atoms. The third-order valence-electron chi connectivity index (χ3n) is 15.4. The lowest BCUT2D eigenvalue weighted by atomic mass is 10.0. The Kier molecular flexibility index (Phi) is 61.7. The van der Waals surface area contributed by atoms with Crippen LogP contribution in [0.3, 0.4) is 0 Å². The van der Waals surface area contributed by atoms with Crippen molar-refractivity contribution in [3.8, 4) is 0 Å². The van der Waals surface area contributed by atoms with E-state index < -0.39 is 12.1 Å². The number of aliphatic hydroxyl groups is 2. The molecule has 0 aromatic rings. The number of amides is 1. The summed E-state index contributed by atoms with van der Waals surface area (Å²) in [5.74, 6) is -0.0567. The van der Waals surface area contributed by atoms with Crippen molar-refractivity contribution in [2.75, 3.05) is 6.61 Å². The molecule has 0 aliphatic rings. The van der Waals surface area contributed by atoms with E-state index in [1.54, 1.807) is 6.08 Å². The first-order chi connectivity index (χ1) is 35.2. The van der Waals surface area contributed by atoms with Gasteiger partial charge in [0.2, 0.25) is 5.91 Å². The van der Waals surface area contributed by atoms with Gasteiger partial charge in [-0.05, 0) is 51.4 Å². The maximum absolute atomic E-state index is 12.5. The highest BCUT2D eigenvalue weighted by Crippen LogP contribution is 2.18. The summed E-state index contributed by atoms with van der Waals surface area (Å²) >= 11 is 0. The van der Waals surface area contributed by atoms with E-state index >= 15 is 0 Å². The summed E-state index contributed by atoms with van der Waals surface area (Å²) in [5.41, 5.74) is 0. The number of carbonyl (C=O) groups excluding carboxylic acids is 1. The third kappa shape index (κ3) is 59.4. The number of aliphatic hydroxyl groups excluding tert-OH is 2. The second kappa shape index (κ2) is 62.9. The molecule has 420 valence electrons. The number of rotatable bonds is 61. The third-order valence-corrected chi connectivity index (χ3v) is 15.4. The van der Waals surface area contributed by atoms with Gasteiger partial charge in [0, 0.05) is 6.42 Å². The van der Waals surface area contributed by atoms with Crippen LogP contribution >= 0.6 is 0 Å². The lowest BCUT2D eigenvalue weighted by Crippen LogP contribution is -2.45. The lowest BCUT2D eigenvalue weighted by molar-refractivity contribution is -0.123. The number of hydrogen-bond acceptors (Lipinski definition) is 3. The van der Waals surface area contributed by atoms with Gasteiger partial charge in [0.15, 0.2) is 0 Å². The highest BCUT2D eigenvalue weighted by atomic mass is 16.3. The number of carbonyl (C=O) groups is 1.